The number of hydrogen-bond donors (Lipinski definition) is 3. The number of carboxylic acids is 1. The molecule has 0 aromatic carbocycles. The van der Waals surface area contributed by atoms with Crippen molar-refractivity contribution < 1.29 is 19.5 Å². The average Bonchev–Trinajstić information content (AvgIpc) is 2.28. The first-order valence-electron chi connectivity index (χ1n) is 6.50. The van der Waals surface area contributed by atoms with Crippen LogP contribution in [0.4, 0.5) is 0 Å². The highest BCUT2D eigenvalue weighted by atomic mass is 16.4. The normalized spacial score (nSPS) is 10.9. The fourth-order valence-electron chi connectivity index (χ4n) is 1.29. The Morgan fingerprint density at radius 1 is 1.00 bits per heavy atom. The summed E-state index contributed by atoms with van der Waals surface area (Å²) >= 11 is 0. The Morgan fingerprint density at radius 3 is 2.16 bits per heavy atom. The minimum atomic E-state index is -0.797. The first-order chi connectivity index (χ1) is 8.73. The van der Waals surface area contributed by atoms with Crippen LogP contribution in [0.1, 0.15) is 46.5 Å². The van der Waals surface area contributed by atoms with E-state index in [9.17, 15) is 14.4 Å². The van der Waals surface area contributed by atoms with Crippen molar-refractivity contribution in [3.05, 3.63) is 0 Å². The lowest BCUT2D eigenvalue weighted by atomic mass is 9.96. The van der Waals surface area contributed by atoms with E-state index in [0.29, 0.717) is 13.0 Å². The summed E-state index contributed by atoms with van der Waals surface area (Å²) in [5.41, 5.74) is -0.503. The summed E-state index contributed by atoms with van der Waals surface area (Å²) in [6.07, 6.45) is 2.29. The third-order valence-corrected chi connectivity index (χ3v) is 2.48. The zero-order valence-electron chi connectivity index (χ0n) is 11.9. The van der Waals surface area contributed by atoms with Crippen molar-refractivity contribution in [2.24, 2.45) is 5.41 Å². The highest BCUT2D eigenvalue weighted by Gasteiger charge is 2.21. The standard InChI is InChI=1S/C13H24N2O4/c1-13(2,3)12(19)15-9-10(16)14-8-6-4-5-7-11(17)18/h4-9H2,1-3H3,(H,14,16)(H,15,19)(H,17,18). The molecule has 2 amide bonds. The summed E-state index contributed by atoms with van der Waals surface area (Å²) in [4.78, 5) is 33.2. The van der Waals surface area contributed by atoms with Gasteiger partial charge < -0.3 is 15.7 Å². The molecule has 0 rings (SSSR count). The van der Waals surface area contributed by atoms with Crippen LogP contribution < -0.4 is 10.6 Å². The van der Waals surface area contributed by atoms with Crippen LogP contribution >= 0.6 is 0 Å². The molecule has 0 saturated carbocycles. The van der Waals surface area contributed by atoms with Crippen molar-refractivity contribution in [2.75, 3.05) is 13.1 Å². The van der Waals surface area contributed by atoms with E-state index in [4.69, 9.17) is 5.11 Å². The van der Waals surface area contributed by atoms with Crippen molar-refractivity contribution in [2.45, 2.75) is 46.5 Å². The van der Waals surface area contributed by atoms with Crippen LogP contribution in [0.25, 0.3) is 0 Å². The third-order valence-electron chi connectivity index (χ3n) is 2.48. The summed E-state index contributed by atoms with van der Waals surface area (Å²) in [6, 6.07) is 0. The van der Waals surface area contributed by atoms with Gasteiger partial charge in [-0.3, -0.25) is 14.4 Å². The fourth-order valence-corrected chi connectivity index (χ4v) is 1.29. The van der Waals surface area contributed by atoms with Crippen LogP contribution in [0.15, 0.2) is 0 Å². The molecule has 0 heterocycles. The minimum absolute atomic E-state index is 0.0226. The number of unbranched alkanes of at least 4 members (excludes halogenated alkanes) is 2. The van der Waals surface area contributed by atoms with Crippen LogP contribution in [0, 0.1) is 5.41 Å². The molecular formula is C13H24N2O4. The topological polar surface area (TPSA) is 95.5 Å². The number of aliphatic carboxylic acids is 1. The number of nitrogens with one attached hydrogen (secondary N) is 2. The maximum Gasteiger partial charge on any atom is 0.303 e. The SMILES string of the molecule is CC(C)(C)C(=O)NCC(=O)NCCCCCC(=O)O. The Hall–Kier alpha value is -1.59. The summed E-state index contributed by atoms with van der Waals surface area (Å²) in [5.74, 6) is -1.19. The molecule has 0 atom stereocenters. The third kappa shape index (κ3) is 10.1. The van der Waals surface area contributed by atoms with E-state index in [-0.39, 0.29) is 24.8 Å². The molecule has 0 radical (unpaired) electrons. The lowest BCUT2D eigenvalue weighted by molar-refractivity contribution is -0.137. The average molecular weight is 272 g/mol. The Balaban J connectivity index is 3.55. The van der Waals surface area contributed by atoms with Crippen LogP contribution in [0.2, 0.25) is 0 Å². The van der Waals surface area contributed by atoms with E-state index in [1.165, 1.54) is 0 Å². The molecule has 0 unspecified atom stereocenters. The van der Waals surface area contributed by atoms with Crippen molar-refractivity contribution in [1.82, 2.24) is 10.6 Å². The number of amides is 2. The van der Waals surface area contributed by atoms with Crippen molar-refractivity contribution >= 4 is 17.8 Å². The zero-order valence-corrected chi connectivity index (χ0v) is 11.9. The fraction of sp³-hybridized carbons (Fsp3) is 0.769. The molecule has 0 aromatic rings. The van der Waals surface area contributed by atoms with Crippen LogP contribution in [-0.4, -0.2) is 36.0 Å². The Morgan fingerprint density at radius 2 is 1.63 bits per heavy atom. The number of carbonyl (C=O) groups excluding carboxylic acids is 2. The van der Waals surface area contributed by atoms with Gasteiger partial charge in [-0.15, -0.1) is 0 Å². The highest BCUT2D eigenvalue weighted by Crippen LogP contribution is 2.11. The Kier molecular flexibility index (Phi) is 7.79. The second-order valence-electron chi connectivity index (χ2n) is 5.49. The lowest BCUT2D eigenvalue weighted by Gasteiger charge is -2.17. The van der Waals surface area contributed by atoms with E-state index in [0.717, 1.165) is 12.8 Å². The van der Waals surface area contributed by atoms with Crippen LogP contribution in [-0.2, 0) is 14.4 Å². The van der Waals surface area contributed by atoms with Gasteiger partial charge in [0.25, 0.3) is 0 Å². The number of hydrogen-bond acceptors (Lipinski definition) is 3. The Labute approximate surface area is 113 Å². The first-order valence-corrected chi connectivity index (χ1v) is 6.50. The lowest BCUT2D eigenvalue weighted by Crippen LogP contribution is -2.41. The van der Waals surface area contributed by atoms with Gasteiger partial charge in [0.15, 0.2) is 0 Å². The van der Waals surface area contributed by atoms with Gasteiger partial charge in [-0.05, 0) is 12.8 Å². The first kappa shape index (κ1) is 17.4. The van der Waals surface area contributed by atoms with E-state index in [1.54, 1.807) is 20.8 Å². The van der Waals surface area contributed by atoms with Crippen molar-refractivity contribution in [3.63, 3.8) is 0 Å². The van der Waals surface area contributed by atoms with Crippen molar-refractivity contribution in [1.29, 1.82) is 0 Å². The molecule has 0 spiro atoms. The van der Waals surface area contributed by atoms with E-state index in [1.807, 2.05) is 0 Å². The van der Waals surface area contributed by atoms with Gasteiger partial charge in [0.1, 0.15) is 0 Å². The minimum Gasteiger partial charge on any atom is -0.481 e. The van der Waals surface area contributed by atoms with E-state index < -0.39 is 11.4 Å². The number of rotatable bonds is 8. The van der Waals surface area contributed by atoms with Gasteiger partial charge in [-0.1, -0.05) is 27.2 Å². The van der Waals surface area contributed by atoms with Crippen LogP contribution in [0.5, 0.6) is 0 Å². The zero-order chi connectivity index (χ0) is 14.9. The van der Waals surface area contributed by atoms with Crippen LogP contribution in [0.3, 0.4) is 0 Å². The van der Waals surface area contributed by atoms with E-state index in [2.05, 4.69) is 10.6 Å². The largest absolute Gasteiger partial charge is 0.481 e. The molecule has 6 nitrogen and oxygen atoms in total. The number of carboxylic acid groups (broad SMARTS) is 1. The molecule has 3 N–H and O–H groups in total. The monoisotopic (exact) mass is 272 g/mol. The molecule has 6 heteroatoms. The van der Waals surface area contributed by atoms with E-state index >= 15 is 0 Å². The smallest absolute Gasteiger partial charge is 0.303 e. The molecule has 110 valence electrons. The quantitative estimate of drug-likeness (QED) is 0.572. The number of carbonyl (C=O) groups is 3. The van der Waals surface area contributed by atoms with Gasteiger partial charge in [-0.2, -0.15) is 0 Å². The second kappa shape index (κ2) is 8.50. The van der Waals surface area contributed by atoms with Crippen molar-refractivity contribution in [3.8, 4) is 0 Å². The van der Waals surface area contributed by atoms with Gasteiger partial charge in [0, 0.05) is 18.4 Å². The molecule has 0 fully saturated rings. The van der Waals surface area contributed by atoms with Gasteiger partial charge in [0.2, 0.25) is 11.8 Å². The summed E-state index contributed by atoms with van der Waals surface area (Å²) in [7, 11) is 0. The van der Waals surface area contributed by atoms with Gasteiger partial charge >= 0.3 is 5.97 Å². The maximum absolute atomic E-state index is 11.5. The molecule has 0 aliphatic rings. The molecule has 0 aliphatic carbocycles. The highest BCUT2D eigenvalue weighted by molar-refractivity contribution is 5.87. The predicted octanol–water partition coefficient (Wildman–Crippen LogP) is 0.910. The van der Waals surface area contributed by atoms with Gasteiger partial charge in [0.05, 0.1) is 6.54 Å². The van der Waals surface area contributed by atoms with Gasteiger partial charge in [-0.25, -0.2) is 0 Å². The second-order valence-corrected chi connectivity index (χ2v) is 5.49. The summed E-state index contributed by atoms with van der Waals surface area (Å²) in [6.45, 7) is 5.82. The Bertz CT molecular complexity index is 321. The molecule has 0 bridgehead atoms. The molecular weight excluding hydrogens is 248 g/mol. The molecule has 19 heavy (non-hydrogen) atoms. The summed E-state index contributed by atoms with van der Waals surface area (Å²) < 4.78 is 0. The maximum atomic E-state index is 11.5. The molecule has 0 aliphatic heterocycles. The molecule has 0 aromatic heterocycles. The predicted molar refractivity (Wildman–Crippen MR) is 71.6 cm³/mol. The summed E-state index contributed by atoms with van der Waals surface area (Å²) in [5, 5.41) is 13.7. The molecule has 0 saturated heterocycles.